The van der Waals surface area contributed by atoms with Crippen LogP contribution in [-0.4, -0.2) is 5.78 Å². The molecule has 7 heteroatoms. The second kappa shape index (κ2) is 6.36. The molecule has 0 bridgehead atoms. The van der Waals surface area contributed by atoms with E-state index in [-0.39, 0.29) is 31.2 Å². The third kappa shape index (κ3) is 3.07. The normalized spacial score (nSPS) is 10.7. The largest absolute Gasteiger partial charge is 0.288 e. The van der Waals surface area contributed by atoms with Gasteiger partial charge in [0.2, 0.25) is 0 Å². The molecule has 0 aliphatic carbocycles. The zero-order valence-electron chi connectivity index (χ0n) is 9.49. The van der Waals surface area contributed by atoms with E-state index in [0.29, 0.717) is 3.57 Å². The molecule has 0 aliphatic heterocycles. The summed E-state index contributed by atoms with van der Waals surface area (Å²) in [4.78, 5) is 12.5. The lowest BCUT2D eigenvalue weighted by Crippen LogP contribution is -2.06. The van der Waals surface area contributed by atoms with Gasteiger partial charge >= 0.3 is 0 Å². The van der Waals surface area contributed by atoms with Crippen molar-refractivity contribution in [3.63, 3.8) is 0 Å². The lowest BCUT2D eigenvalue weighted by Gasteiger charge is -2.10. The van der Waals surface area contributed by atoms with Crippen LogP contribution in [0.3, 0.4) is 0 Å². The Morgan fingerprint density at radius 3 is 2.25 bits per heavy atom. The van der Waals surface area contributed by atoms with Crippen LogP contribution in [-0.2, 0) is 0 Å². The average molecular weight is 464 g/mol. The maximum absolute atomic E-state index is 13.1. The third-order valence-electron chi connectivity index (χ3n) is 2.52. The van der Waals surface area contributed by atoms with Gasteiger partial charge in [0, 0.05) is 9.13 Å². The molecule has 2 aromatic carbocycles. The van der Waals surface area contributed by atoms with Crippen molar-refractivity contribution < 1.29 is 9.18 Å². The van der Waals surface area contributed by atoms with E-state index in [1.165, 1.54) is 24.3 Å². The Labute approximate surface area is 148 Å². The van der Waals surface area contributed by atoms with Gasteiger partial charge in [-0.05, 0) is 46.9 Å². The summed E-state index contributed by atoms with van der Waals surface area (Å²) in [6.45, 7) is 0. The molecule has 20 heavy (non-hydrogen) atoms. The molecule has 0 N–H and O–H groups in total. The molecule has 0 heterocycles. The molecule has 0 spiro atoms. The lowest BCUT2D eigenvalue weighted by molar-refractivity contribution is 0.103. The Hall–Kier alpha value is -0.0700. The van der Waals surface area contributed by atoms with Crippen LogP contribution in [0.2, 0.25) is 20.1 Å². The van der Waals surface area contributed by atoms with E-state index in [1.54, 1.807) is 0 Å². The molecule has 0 saturated heterocycles. The first-order valence-corrected chi connectivity index (χ1v) is 7.74. The SMILES string of the molecule is O=C(c1ccc(F)cc1I)c1c(Cl)cc(Cl)c(Cl)c1Cl. The molecule has 0 atom stereocenters. The van der Waals surface area contributed by atoms with Crippen molar-refractivity contribution in [3.8, 4) is 0 Å². The van der Waals surface area contributed by atoms with Crippen molar-refractivity contribution in [3.05, 3.63) is 64.9 Å². The number of hydrogen-bond donors (Lipinski definition) is 0. The third-order valence-corrected chi connectivity index (χ3v) is 4.97. The standard InChI is InChI=1S/C13H4Cl4FIO/c14-7-4-8(15)11(16)12(17)10(7)13(20)6-2-1-5(18)3-9(6)19/h1-4H. The summed E-state index contributed by atoms with van der Waals surface area (Å²) >= 11 is 25.7. The fourth-order valence-electron chi connectivity index (χ4n) is 1.58. The summed E-state index contributed by atoms with van der Waals surface area (Å²) in [6, 6.07) is 5.15. The Bertz CT molecular complexity index is 718. The van der Waals surface area contributed by atoms with Gasteiger partial charge in [-0.1, -0.05) is 46.4 Å². The molecular formula is C13H4Cl4FIO. The molecule has 0 aromatic heterocycles. The fraction of sp³-hybridized carbons (Fsp3) is 0. The van der Waals surface area contributed by atoms with Gasteiger partial charge in [-0.25, -0.2) is 4.39 Å². The summed E-state index contributed by atoms with van der Waals surface area (Å²) in [5.74, 6) is -0.875. The maximum atomic E-state index is 13.1. The van der Waals surface area contributed by atoms with Crippen molar-refractivity contribution in [2.45, 2.75) is 0 Å². The first-order valence-electron chi connectivity index (χ1n) is 5.15. The number of hydrogen-bond acceptors (Lipinski definition) is 1. The predicted molar refractivity (Wildman–Crippen MR) is 89.0 cm³/mol. The minimum atomic E-state index is -0.442. The monoisotopic (exact) mass is 462 g/mol. The highest BCUT2D eigenvalue weighted by atomic mass is 127. The number of rotatable bonds is 2. The molecule has 1 nitrogen and oxygen atoms in total. The van der Waals surface area contributed by atoms with Gasteiger partial charge < -0.3 is 0 Å². The van der Waals surface area contributed by atoms with E-state index < -0.39 is 11.6 Å². The average Bonchev–Trinajstić information content (AvgIpc) is 2.36. The van der Waals surface area contributed by atoms with Gasteiger partial charge in [-0.15, -0.1) is 0 Å². The first kappa shape index (κ1) is 16.3. The Kier molecular flexibility index (Phi) is 5.19. The van der Waals surface area contributed by atoms with Gasteiger partial charge in [0.15, 0.2) is 5.78 Å². The molecule has 104 valence electrons. The lowest BCUT2D eigenvalue weighted by atomic mass is 10.0. The maximum Gasteiger partial charge on any atom is 0.197 e. The van der Waals surface area contributed by atoms with Gasteiger partial charge in [-0.3, -0.25) is 4.79 Å². The molecule has 0 fully saturated rings. The van der Waals surface area contributed by atoms with Crippen LogP contribution in [0.25, 0.3) is 0 Å². The molecule has 0 radical (unpaired) electrons. The minimum absolute atomic E-state index is 0.0192. The number of ketones is 1. The summed E-state index contributed by atoms with van der Waals surface area (Å²) in [5, 5.41) is 0.286. The molecule has 0 unspecified atom stereocenters. The number of carbonyl (C=O) groups excluding carboxylic acids is 1. The van der Waals surface area contributed by atoms with E-state index >= 15 is 0 Å². The molecular weight excluding hydrogens is 460 g/mol. The van der Waals surface area contributed by atoms with Crippen LogP contribution in [0.1, 0.15) is 15.9 Å². The Morgan fingerprint density at radius 2 is 1.65 bits per heavy atom. The summed E-state index contributed by atoms with van der Waals surface area (Å²) in [7, 11) is 0. The number of halogens is 6. The summed E-state index contributed by atoms with van der Waals surface area (Å²) in [5.41, 5.74) is 0.335. The van der Waals surface area contributed by atoms with Gasteiger partial charge in [0.05, 0.1) is 25.7 Å². The van der Waals surface area contributed by atoms with Crippen molar-refractivity contribution >= 4 is 74.8 Å². The minimum Gasteiger partial charge on any atom is -0.288 e. The van der Waals surface area contributed by atoms with Crippen LogP contribution in [0.5, 0.6) is 0 Å². The zero-order chi connectivity index (χ0) is 15.0. The van der Waals surface area contributed by atoms with Gasteiger partial charge in [-0.2, -0.15) is 0 Å². The van der Waals surface area contributed by atoms with Crippen molar-refractivity contribution in [1.29, 1.82) is 0 Å². The topological polar surface area (TPSA) is 17.1 Å². The smallest absolute Gasteiger partial charge is 0.197 e. The highest BCUT2D eigenvalue weighted by Crippen LogP contribution is 2.38. The number of carbonyl (C=O) groups is 1. The first-order chi connectivity index (χ1) is 9.32. The highest BCUT2D eigenvalue weighted by Gasteiger charge is 2.22. The Balaban J connectivity index is 2.63. The van der Waals surface area contributed by atoms with E-state index in [0.717, 1.165) is 0 Å². The molecule has 2 aromatic rings. The van der Waals surface area contributed by atoms with Crippen molar-refractivity contribution in [2.24, 2.45) is 0 Å². The summed E-state index contributed by atoms with van der Waals surface area (Å²) < 4.78 is 13.5. The van der Waals surface area contributed by atoms with Crippen molar-refractivity contribution in [1.82, 2.24) is 0 Å². The van der Waals surface area contributed by atoms with Crippen LogP contribution in [0, 0.1) is 9.39 Å². The van der Waals surface area contributed by atoms with Crippen LogP contribution in [0.4, 0.5) is 4.39 Å². The van der Waals surface area contributed by atoms with E-state index in [9.17, 15) is 9.18 Å². The van der Waals surface area contributed by atoms with E-state index in [4.69, 9.17) is 46.4 Å². The Morgan fingerprint density at radius 1 is 1.00 bits per heavy atom. The van der Waals surface area contributed by atoms with Gasteiger partial charge in [0.1, 0.15) is 5.82 Å². The van der Waals surface area contributed by atoms with E-state index in [2.05, 4.69) is 0 Å². The highest BCUT2D eigenvalue weighted by molar-refractivity contribution is 14.1. The van der Waals surface area contributed by atoms with Crippen LogP contribution in [0.15, 0.2) is 24.3 Å². The van der Waals surface area contributed by atoms with Crippen LogP contribution < -0.4 is 0 Å². The second-order valence-electron chi connectivity index (χ2n) is 3.80. The fourth-order valence-corrected chi connectivity index (χ4v) is 3.39. The molecule has 2 rings (SSSR count). The van der Waals surface area contributed by atoms with E-state index in [1.807, 2.05) is 22.6 Å². The van der Waals surface area contributed by atoms with Crippen molar-refractivity contribution in [2.75, 3.05) is 0 Å². The molecule has 0 aliphatic rings. The number of benzene rings is 2. The van der Waals surface area contributed by atoms with Gasteiger partial charge in [0.25, 0.3) is 0 Å². The zero-order valence-corrected chi connectivity index (χ0v) is 14.7. The predicted octanol–water partition coefficient (Wildman–Crippen LogP) is 6.27. The quantitative estimate of drug-likeness (QED) is 0.222. The van der Waals surface area contributed by atoms with Crippen LogP contribution >= 0.6 is 69.0 Å². The molecule has 0 amide bonds. The summed E-state index contributed by atoms with van der Waals surface area (Å²) in [6.07, 6.45) is 0. The molecule has 0 saturated carbocycles. The second-order valence-corrected chi connectivity index (χ2v) is 6.53.